The monoisotopic (exact) mass is 380 g/mol. The van der Waals surface area contributed by atoms with Crippen molar-refractivity contribution in [1.82, 2.24) is 9.88 Å². The molecule has 5 heteroatoms. The quantitative estimate of drug-likeness (QED) is 0.617. The fraction of sp³-hybridized carbons (Fsp3) is 0.261. The average Bonchev–Trinajstić information content (AvgIpc) is 2.92. The number of nitrogens with one attached hydrogen (secondary N) is 1. The number of benzene rings is 2. The van der Waals surface area contributed by atoms with E-state index in [9.17, 15) is 14.3 Å². The molecule has 2 N–H and O–H groups in total. The van der Waals surface area contributed by atoms with Gasteiger partial charge in [-0.15, -0.1) is 0 Å². The van der Waals surface area contributed by atoms with Crippen molar-refractivity contribution in [3.8, 4) is 0 Å². The van der Waals surface area contributed by atoms with Crippen molar-refractivity contribution in [2.45, 2.75) is 39.9 Å². The number of nitrogens with zero attached hydrogens (tertiary/aromatic N) is 1. The first-order valence-corrected chi connectivity index (χ1v) is 9.33. The smallest absolute Gasteiger partial charge is 0.337 e. The third kappa shape index (κ3) is 4.15. The van der Waals surface area contributed by atoms with Crippen LogP contribution in [0.4, 0.5) is 4.39 Å². The Bertz CT molecular complexity index is 963. The Hall–Kier alpha value is -2.92. The summed E-state index contributed by atoms with van der Waals surface area (Å²) in [5, 5.41) is 13.2. The highest BCUT2D eigenvalue weighted by Crippen LogP contribution is 2.25. The van der Waals surface area contributed by atoms with Gasteiger partial charge in [0, 0.05) is 36.1 Å². The molecule has 0 radical (unpaired) electrons. The van der Waals surface area contributed by atoms with Crippen molar-refractivity contribution < 1.29 is 14.3 Å². The van der Waals surface area contributed by atoms with Gasteiger partial charge in [0.1, 0.15) is 5.82 Å². The third-order valence-electron chi connectivity index (χ3n) is 5.26. The summed E-state index contributed by atoms with van der Waals surface area (Å²) in [6, 6.07) is 16.5. The van der Waals surface area contributed by atoms with E-state index >= 15 is 0 Å². The maximum Gasteiger partial charge on any atom is 0.337 e. The van der Waals surface area contributed by atoms with Gasteiger partial charge in [-0.25, -0.2) is 9.18 Å². The van der Waals surface area contributed by atoms with E-state index in [0.29, 0.717) is 24.3 Å². The van der Waals surface area contributed by atoms with E-state index in [1.807, 2.05) is 48.7 Å². The Kier molecular flexibility index (Phi) is 5.95. The van der Waals surface area contributed by atoms with Gasteiger partial charge in [0.15, 0.2) is 0 Å². The molecule has 28 heavy (non-hydrogen) atoms. The highest BCUT2D eigenvalue weighted by molar-refractivity contribution is 5.91. The lowest BCUT2D eigenvalue weighted by atomic mass is 10.1. The molecule has 3 rings (SSSR count). The number of carboxylic acid groups (broad SMARTS) is 1. The first kappa shape index (κ1) is 19.8. The zero-order chi connectivity index (χ0) is 20.3. The molecule has 2 aromatic carbocycles. The van der Waals surface area contributed by atoms with Gasteiger partial charge in [-0.1, -0.05) is 42.5 Å². The summed E-state index contributed by atoms with van der Waals surface area (Å²) in [4.78, 5) is 11.9. The first-order chi connectivity index (χ1) is 13.4. The summed E-state index contributed by atoms with van der Waals surface area (Å²) in [6.07, 6.45) is 0. The highest BCUT2D eigenvalue weighted by atomic mass is 19.1. The maximum atomic E-state index is 13.2. The number of aromatic carboxylic acids is 1. The van der Waals surface area contributed by atoms with Crippen molar-refractivity contribution in [3.05, 3.63) is 94.1 Å². The molecular weight excluding hydrogens is 355 g/mol. The number of rotatable bonds is 7. The predicted octanol–water partition coefficient (Wildman–Crippen LogP) is 4.84. The Balaban J connectivity index is 1.87. The number of carbonyl (C=O) groups is 1. The van der Waals surface area contributed by atoms with Crippen molar-refractivity contribution in [2.24, 2.45) is 0 Å². The van der Waals surface area contributed by atoms with Crippen LogP contribution in [0.15, 0.2) is 54.6 Å². The molecule has 0 amide bonds. The Morgan fingerprint density at radius 3 is 2.32 bits per heavy atom. The van der Waals surface area contributed by atoms with Crippen LogP contribution in [0.5, 0.6) is 0 Å². The van der Waals surface area contributed by atoms with E-state index in [1.165, 1.54) is 12.1 Å². The summed E-state index contributed by atoms with van der Waals surface area (Å²) in [6.45, 7) is 6.79. The molecule has 1 heterocycles. The maximum absolute atomic E-state index is 13.2. The molecular formula is C23H25FN2O2. The second-order valence-electron chi connectivity index (χ2n) is 7.06. The number of hydrogen-bond acceptors (Lipinski definition) is 2. The minimum absolute atomic E-state index is 0.1000. The van der Waals surface area contributed by atoms with E-state index < -0.39 is 5.97 Å². The topological polar surface area (TPSA) is 54.3 Å². The SMILES string of the molecule is Cc1c(CN[C@@H](C)c2ccccc2)c(C(=O)O)c(C)n1Cc1ccc(F)cc1. The lowest BCUT2D eigenvalue weighted by Gasteiger charge is -2.15. The Labute approximate surface area is 164 Å². The van der Waals surface area contributed by atoms with Gasteiger partial charge in [-0.2, -0.15) is 0 Å². The van der Waals surface area contributed by atoms with Crippen LogP contribution >= 0.6 is 0 Å². The molecule has 0 aliphatic heterocycles. The lowest BCUT2D eigenvalue weighted by molar-refractivity contribution is 0.0694. The molecule has 3 aromatic rings. The van der Waals surface area contributed by atoms with E-state index in [-0.39, 0.29) is 11.9 Å². The van der Waals surface area contributed by atoms with Crippen LogP contribution in [-0.2, 0) is 13.1 Å². The second kappa shape index (κ2) is 8.40. The van der Waals surface area contributed by atoms with E-state index in [2.05, 4.69) is 12.2 Å². The van der Waals surface area contributed by atoms with Gasteiger partial charge < -0.3 is 15.0 Å². The molecule has 0 spiro atoms. The van der Waals surface area contributed by atoms with Crippen molar-refractivity contribution in [1.29, 1.82) is 0 Å². The fourth-order valence-corrected chi connectivity index (χ4v) is 3.57. The molecule has 4 nitrogen and oxygen atoms in total. The van der Waals surface area contributed by atoms with Crippen molar-refractivity contribution in [3.63, 3.8) is 0 Å². The lowest BCUT2D eigenvalue weighted by Crippen LogP contribution is -2.19. The molecule has 0 aliphatic carbocycles. The summed E-state index contributed by atoms with van der Waals surface area (Å²) in [7, 11) is 0. The van der Waals surface area contributed by atoms with Crippen LogP contribution in [0.2, 0.25) is 0 Å². The van der Waals surface area contributed by atoms with Crippen molar-refractivity contribution >= 4 is 5.97 Å². The van der Waals surface area contributed by atoms with Gasteiger partial charge in [0.25, 0.3) is 0 Å². The standard InChI is InChI=1S/C23H25FN2O2/c1-15(19-7-5-4-6-8-19)25-13-21-16(2)26(17(3)22(21)23(27)28)14-18-9-11-20(24)12-10-18/h4-12,15,25H,13-14H2,1-3H3,(H,27,28)/t15-/m0/s1. The molecule has 0 bridgehead atoms. The molecule has 1 atom stereocenters. The van der Waals surface area contributed by atoms with Gasteiger partial charge in [-0.05, 0) is 44.0 Å². The highest BCUT2D eigenvalue weighted by Gasteiger charge is 2.23. The zero-order valence-corrected chi connectivity index (χ0v) is 16.4. The molecule has 0 fully saturated rings. The fourth-order valence-electron chi connectivity index (χ4n) is 3.57. The number of halogens is 1. The summed E-state index contributed by atoms with van der Waals surface area (Å²) >= 11 is 0. The molecule has 0 unspecified atom stereocenters. The summed E-state index contributed by atoms with van der Waals surface area (Å²) in [5.74, 6) is -1.21. The first-order valence-electron chi connectivity index (χ1n) is 9.33. The zero-order valence-electron chi connectivity index (χ0n) is 16.4. The molecule has 0 aliphatic rings. The van der Waals surface area contributed by atoms with Gasteiger partial charge in [0.2, 0.25) is 0 Å². The second-order valence-corrected chi connectivity index (χ2v) is 7.06. The summed E-state index contributed by atoms with van der Waals surface area (Å²) < 4.78 is 15.2. The largest absolute Gasteiger partial charge is 0.478 e. The van der Waals surface area contributed by atoms with Gasteiger partial charge >= 0.3 is 5.97 Å². The van der Waals surface area contributed by atoms with E-state index in [1.54, 1.807) is 12.1 Å². The minimum atomic E-state index is -0.928. The number of carboxylic acids is 1. The third-order valence-corrected chi connectivity index (χ3v) is 5.26. The van der Waals surface area contributed by atoms with E-state index in [4.69, 9.17) is 0 Å². The van der Waals surface area contributed by atoms with Gasteiger partial charge in [0.05, 0.1) is 5.56 Å². The van der Waals surface area contributed by atoms with Crippen LogP contribution < -0.4 is 5.32 Å². The molecule has 146 valence electrons. The molecule has 0 saturated heterocycles. The van der Waals surface area contributed by atoms with Crippen LogP contribution in [0.3, 0.4) is 0 Å². The molecule has 1 aromatic heterocycles. The van der Waals surface area contributed by atoms with Crippen LogP contribution in [-0.4, -0.2) is 15.6 Å². The Morgan fingerprint density at radius 2 is 1.71 bits per heavy atom. The predicted molar refractivity (Wildman–Crippen MR) is 108 cm³/mol. The normalized spacial score (nSPS) is 12.1. The minimum Gasteiger partial charge on any atom is -0.478 e. The Morgan fingerprint density at radius 1 is 1.07 bits per heavy atom. The van der Waals surface area contributed by atoms with Crippen LogP contribution in [0, 0.1) is 19.7 Å². The number of aromatic nitrogens is 1. The molecule has 0 saturated carbocycles. The number of hydrogen-bond donors (Lipinski definition) is 2. The van der Waals surface area contributed by atoms with Crippen LogP contribution in [0.25, 0.3) is 0 Å². The van der Waals surface area contributed by atoms with E-state index in [0.717, 1.165) is 22.4 Å². The summed E-state index contributed by atoms with van der Waals surface area (Å²) in [5.41, 5.74) is 4.82. The van der Waals surface area contributed by atoms with Crippen LogP contribution in [0.1, 0.15) is 51.4 Å². The average molecular weight is 380 g/mol. The van der Waals surface area contributed by atoms with Gasteiger partial charge in [-0.3, -0.25) is 0 Å². The van der Waals surface area contributed by atoms with Crippen molar-refractivity contribution in [2.75, 3.05) is 0 Å².